The topological polar surface area (TPSA) is 130 Å². The van der Waals surface area contributed by atoms with Gasteiger partial charge in [0, 0.05) is 18.0 Å². The molecule has 4 aromatic rings. The molecule has 0 spiro atoms. The zero-order valence-electron chi connectivity index (χ0n) is 19.9. The molecule has 5 rings (SSSR count). The van der Waals surface area contributed by atoms with Gasteiger partial charge in [0.25, 0.3) is 5.56 Å². The maximum atomic E-state index is 12.9. The van der Waals surface area contributed by atoms with Crippen molar-refractivity contribution in [3.05, 3.63) is 77.0 Å². The molecule has 0 radical (unpaired) electrons. The molecule has 0 saturated carbocycles. The number of amides is 1. The quantitative estimate of drug-likeness (QED) is 0.247. The number of pyridine rings is 2. The average Bonchev–Trinajstić information content (AvgIpc) is 3.25. The molecule has 4 N–H and O–H groups in total. The Hall–Kier alpha value is -4.28. The number of benzene rings is 1. The second kappa shape index (κ2) is 10.00. The SMILES string of the molecule is C=CC(=O)NC1(COc2cnccc2-c2[nH]c3cc[nH]c(=O)c3c2Nc2cccc(Cl)c2OC)COC1. The van der Waals surface area contributed by atoms with E-state index in [9.17, 15) is 9.59 Å². The second-order valence-electron chi connectivity index (χ2n) is 8.54. The van der Waals surface area contributed by atoms with E-state index in [2.05, 4.69) is 32.2 Å². The Balaban J connectivity index is 1.57. The molecule has 0 bridgehead atoms. The Morgan fingerprint density at radius 3 is 2.89 bits per heavy atom. The van der Waals surface area contributed by atoms with Crippen molar-refractivity contribution in [1.29, 1.82) is 0 Å². The number of ether oxygens (including phenoxy) is 3. The van der Waals surface area contributed by atoms with E-state index in [-0.39, 0.29) is 18.1 Å². The number of H-pyrrole nitrogens is 2. The maximum Gasteiger partial charge on any atom is 0.259 e. The second-order valence-corrected chi connectivity index (χ2v) is 8.95. The first kappa shape index (κ1) is 24.4. The summed E-state index contributed by atoms with van der Waals surface area (Å²) in [5.74, 6) is 0.578. The van der Waals surface area contributed by atoms with E-state index in [1.807, 2.05) is 0 Å². The van der Waals surface area contributed by atoms with E-state index < -0.39 is 5.54 Å². The van der Waals surface area contributed by atoms with Crippen LogP contribution < -0.4 is 25.7 Å². The summed E-state index contributed by atoms with van der Waals surface area (Å²) in [6, 6.07) is 8.85. The number of nitrogens with zero attached hydrogens (tertiary/aromatic N) is 1. The first-order valence-corrected chi connectivity index (χ1v) is 11.7. The van der Waals surface area contributed by atoms with Crippen LogP contribution in [0.3, 0.4) is 0 Å². The highest BCUT2D eigenvalue weighted by Crippen LogP contribution is 2.42. The molecule has 0 atom stereocenters. The predicted octanol–water partition coefficient (Wildman–Crippen LogP) is 3.77. The largest absolute Gasteiger partial charge is 0.493 e. The normalized spacial score (nSPS) is 14.0. The van der Waals surface area contributed by atoms with Crippen LogP contribution in [0.5, 0.6) is 11.5 Å². The lowest BCUT2D eigenvalue weighted by atomic mass is 9.98. The number of methoxy groups -OCH3 is 1. The third kappa shape index (κ3) is 4.64. The van der Waals surface area contributed by atoms with Gasteiger partial charge < -0.3 is 34.8 Å². The number of aromatic amines is 2. The molecule has 1 amide bonds. The summed E-state index contributed by atoms with van der Waals surface area (Å²) < 4.78 is 17.0. The molecular formula is C26H24ClN5O5. The molecule has 11 heteroatoms. The minimum absolute atomic E-state index is 0.150. The monoisotopic (exact) mass is 521 g/mol. The summed E-state index contributed by atoms with van der Waals surface area (Å²) in [5, 5.41) is 7.05. The van der Waals surface area contributed by atoms with Gasteiger partial charge in [0.1, 0.15) is 17.9 Å². The Bertz CT molecular complexity index is 1540. The third-order valence-corrected chi connectivity index (χ3v) is 6.34. The molecule has 1 aliphatic rings. The number of halogens is 1. The van der Waals surface area contributed by atoms with Gasteiger partial charge in [-0.15, -0.1) is 0 Å². The van der Waals surface area contributed by atoms with Crippen LogP contribution in [0.15, 0.2) is 66.4 Å². The Kier molecular flexibility index (Phi) is 6.60. The molecule has 1 aliphatic heterocycles. The van der Waals surface area contributed by atoms with Gasteiger partial charge in [0.05, 0.1) is 59.5 Å². The number of hydrogen-bond donors (Lipinski definition) is 4. The van der Waals surface area contributed by atoms with Gasteiger partial charge in [-0.1, -0.05) is 24.2 Å². The molecule has 10 nitrogen and oxygen atoms in total. The number of anilines is 2. The van der Waals surface area contributed by atoms with Crippen molar-refractivity contribution >= 4 is 39.8 Å². The zero-order valence-corrected chi connectivity index (χ0v) is 20.6. The Morgan fingerprint density at radius 2 is 2.16 bits per heavy atom. The van der Waals surface area contributed by atoms with E-state index >= 15 is 0 Å². The molecule has 190 valence electrons. The standard InChI is InChI=1S/C26H24ClN5O5/c1-3-20(33)32-26(12-36-13-26)14-37-19-11-28-9-7-15(19)22-23(21-17(30-22)8-10-29-25(21)34)31-18-6-4-5-16(27)24(18)35-2/h3-11,30-31H,1,12-14H2,2H3,(H,29,34)(H,32,33). The van der Waals surface area contributed by atoms with Crippen LogP contribution in [-0.2, 0) is 9.53 Å². The first-order chi connectivity index (χ1) is 17.9. The number of para-hydroxylation sites is 1. The van der Waals surface area contributed by atoms with Crippen LogP contribution in [-0.4, -0.2) is 53.3 Å². The van der Waals surface area contributed by atoms with Crippen molar-refractivity contribution < 1.29 is 19.0 Å². The highest BCUT2D eigenvalue weighted by atomic mass is 35.5. The van der Waals surface area contributed by atoms with Crippen LogP contribution in [0.4, 0.5) is 11.4 Å². The highest BCUT2D eigenvalue weighted by Gasteiger charge is 2.41. The van der Waals surface area contributed by atoms with E-state index in [0.29, 0.717) is 63.3 Å². The number of nitrogens with one attached hydrogen (secondary N) is 4. The van der Waals surface area contributed by atoms with Crippen molar-refractivity contribution in [3.8, 4) is 22.8 Å². The molecular weight excluding hydrogens is 498 g/mol. The smallest absolute Gasteiger partial charge is 0.259 e. The van der Waals surface area contributed by atoms with E-state index in [1.165, 1.54) is 13.2 Å². The van der Waals surface area contributed by atoms with E-state index in [1.54, 1.807) is 48.9 Å². The van der Waals surface area contributed by atoms with Crippen molar-refractivity contribution in [1.82, 2.24) is 20.3 Å². The van der Waals surface area contributed by atoms with Crippen LogP contribution in [0.2, 0.25) is 5.02 Å². The van der Waals surface area contributed by atoms with Crippen LogP contribution >= 0.6 is 11.6 Å². The fourth-order valence-corrected chi connectivity index (χ4v) is 4.45. The van der Waals surface area contributed by atoms with Crippen molar-refractivity contribution in [2.75, 3.05) is 32.2 Å². The molecule has 37 heavy (non-hydrogen) atoms. The van der Waals surface area contributed by atoms with Gasteiger partial charge in [-0.05, 0) is 30.3 Å². The minimum atomic E-state index is -0.675. The summed E-state index contributed by atoms with van der Waals surface area (Å²) in [4.78, 5) is 35.1. The third-order valence-electron chi connectivity index (χ3n) is 6.04. The molecule has 0 aliphatic carbocycles. The van der Waals surface area contributed by atoms with Gasteiger partial charge >= 0.3 is 0 Å². The van der Waals surface area contributed by atoms with Crippen LogP contribution in [0.25, 0.3) is 22.2 Å². The van der Waals surface area contributed by atoms with Gasteiger partial charge in [0.2, 0.25) is 5.91 Å². The summed E-state index contributed by atoms with van der Waals surface area (Å²) in [7, 11) is 1.52. The summed E-state index contributed by atoms with van der Waals surface area (Å²) in [6.07, 6.45) is 5.99. The Morgan fingerprint density at radius 1 is 1.32 bits per heavy atom. The van der Waals surface area contributed by atoms with Gasteiger partial charge in [0.15, 0.2) is 5.75 Å². The number of rotatable bonds is 9. The zero-order chi connectivity index (χ0) is 26.0. The maximum absolute atomic E-state index is 12.9. The number of hydrogen-bond acceptors (Lipinski definition) is 7. The fraction of sp³-hybridized carbons (Fsp3) is 0.192. The predicted molar refractivity (Wildman–Crippen MR) is 141 cm³/mol. The van der Waals surface area contributed by atoms with E-state index in [0.717, 1.165) is 0 Å². The Labute approximate surface area is 216 Å². The van der Waals surface area contributed by atoms with Crippen molar-refractivity contribution in [2.24, 2.45) is 0 Å². The van der Waals surface area contributed by atoms with Crippen LogP contribution in [0.1, 0.15) is 0 Å². The van der Waals surface area contributed by atoms with Gasteiger partial charge in [-0.2, -0.15) is 0 Å². The molecule has 1 fully saturated rings. The summed E-state index contributed by atoms with van der Waals surface area (Å²) >= 11 is 6.34. The minimum Gasteiger partial charge on any atom is -0.493 e. The van der Waals surface area contributed by atoms with Crippen molar-refractivity contribution in [2.45, 2.75) is 5.54 Å². The molecule has 0 unspecified atom stereocenters. The van der Waals surface area contributed by atoms with Gasteiger partial charge in [-0.25, -0.2) is 0 Å². The number of aromatic nitrogens is 3. The molecule has 3 aromatic heterocycles. The van der Waals surface area contributed by atoms with Gasteiger partial charge in [-0.3, -0.25) is 14.6 Å². The molecule has 1 aromatic carbocycles. The van der Waals surface area contributed by atoms with Crippen molar-refractivity contribution in [3.63, 3.8) is 0 Å². The van der Waals surface area contributed by atoms with E-state index in [4.69, 9.17) is 25.8 Å². The highest BCUT2D eigenvalue weighted by molar-refractivity contribution is 6.32. The average molecular weight is 522 g/mol. The summed E-state index contributed by atoms with van der Waals surface area (Å²) in [5.41, 5.74) is 2.00. The number of carbonyl (C=O) groups excluding carboxylic acids is 1. The summed E-state index contributed by atoms with van der Waals surface area (Å²) in [6.45, 7) is 4.28. The lowest BCUT2D eigenvalue weighted by Crippen LogP contribution is -2.65. The first-order valence-electron chi connectivity index (χ1n) is 11.4. The lowest BCUT2D eigenvalue weighted by Gasteiger charge is -2.41. The number of carbonyl (C=O) groups is 1. The fourth-order valence-electron chi connectivity index (χ4n) is 4.20. The number of fused-ring (bicyclic) bond motifs is 1. The molecule has 1 saturated heterocycles. The van der Waals surface area contributed by atoms with Crippen LogP contribution in [0, 0.1) is 0 Å². The molecule has 4 heterocycles. The lowest BCUT2D eigenvalue weighted by molar-refractivity contribution is -0.132.